The van der Waals surface area contributed by atoms with E-state index in [2.05, 4.69) is 18.5 Å². The summed E-state index contributed by atoms with van der Waals surface area (Å²) in [5.41, 5.74) is -0.262. The number of carbonyl (C=O) groups excluding carboxylic acids is 2. The highest BCUT2D eigenvalue weighted by molar-refractivity contribution is 6.39. The second-order valence-electron chi connectivity index (χ2n) is 3.87. The molecule has 1 aromatic carbocycles. The predicted molar refractivity (Wildman–Crippen MR) is 72.0 cm³/mol. The van der Waals surface area contributed by atoms with Crippen LogP contribution < -0.4 is 5.32 Å². The van der Waals surface area contributed by atoms with Crippen molar-refractivity contribution in [1.29, 1.82) is 0 Å². The molecule has 0 saturated heterocycles. The van der Waals surface area contributed by atoms with Gasteiger partial charge in [-0.3, -0.25) is 9.59 Å². The lowest BCUT2D eigenvalue weighted by Gasteiger charge is -2.18. The number of anilines is 1. The van der Waals surface area contributed by atoms with Crippen LogP contribution in [0.1, 0.15) is 0 Å². The smallest absolute Gasteiger partial charge is 0.314 e. The van der Waals surface area contributed by atoms with E-state index in [4.69, 9.17) is 0 Å². The van der Waals surface area contributed by atoms with Gasteiger partial charge in [-0.2, -0.15) is 0 Å². The lowest BCUT2D eigenvalue weighted by atomic mass is 10.3. The molecule has 0 aliphatic rings. The van der Waals surface area contributed by atoms with Gasteiger partial charge in [0.2, 0.25) is 0 Å². The second kappa shape index (κ2) is 7.18. The summed E-state index contributed by atoms with van der Waals surface area (Å²) in [6, 6.07) is 2.64. The van der Waals surface area contributed by atoms with Gasteiger partial charge in [-0.25, -0.2) is 8.78 Å². The summed E-state index contributed by atoms with van der Waals surface area (Å²) in [7, 11) is 0. The minimum Gasteiger partial charge on any atom is -0.327 e. The van der Waals surface area contributed by atoms with Gasteiger partial charge in [0, 0.05) is 19.2 Å². The fourth-order valence-electron chi connectivity index (χ4n) is 1.46. The number of amides is 2. The molecule has 0 aliphatic heterocycles. The van der Waals surface area contributed by atoms with Gasteiger partial charge in [-0.05, 0) is 12.1 Å². The van der Waals surface area contributed by atoms with Crippen molar-refractivity contribution in [2.75, 3.05) is 18.4 Å². The van der Waals surface area contributed by atoms with Crippen LogP contribution in [-0.4, -0.2) is 29.8 Å². The van der Waals surface area contributed by atoms with Crippen LogP contribution in [0.2, 0.25) is 0 Å². The van der Waals surface area contributed by atoms with Gasteiger partial charge in [-0.1, -0.05) is 12.2 Å². The van der Waals surface area contributed by atoms with E-state index in [1.165, 1.54) is 17.1 Å². The Balaban J connectivity index is 2.80. The number of nitrogens with one attached hydrogen (secondary N) is 1. The summed E-state index contributed by atoms with van der Waals surface area (Å²) in [6.45, 7) is 7.26. The van der Waals surface area contributed by atoms with Gasteiger partial charge in [-0.15, -0.1) is 13.2 Å². The van der Waals surface area contributed by atoms with Crippen LogP contribution in [0, 0.1) is 11.6 Å². The third-order valence-electron chi connectivity index (χ3n) is 2.36. The monoisotopic (exact) mass is 280 g/mol. The van der Waals surface area contributed by atoms with Gasteiger partial charge in [0.15, 0.2) is 0 Å². The first kappa shape index (κ1) is 15.6. The molecule has 0 atom stereocenters. The van der Waals surface area contributed by atoms with E-state index < -0.39 is 23.4 Å². The maximum atomic E-state index is 13.4. The molecule has 2 amide bonds. The van der Waals surface area contributed by atoms with Crippen LogP contribution in [-0.2, 0) is 9.59 Å². The molecule has 0 unspecified atom stereocenters. The van der Waals surface area contributed by atoms with E-state index in [-0.39, 0.29) is 18.8 Å². The summed E-state index contributed by atoms with van der Waals surface area (Å²) in [4.78, 5) is 24.7. The molecular formula is C14H14F2N2O2. The second-order valence-corrected chi connectivity index (χ2v) is 3.87. The zero-order chi connectivity index (χ0) is 15.1. The predicted octanol–water partition coefficient (Wildman–Crippen LogP) is 2.10. The third kappa shape index (κ3) is 4.01. The van der Waals surface area contributed by atoms with Gasteiger partial charge < -0.3 is 10.2 Å². The van der Waals surface area contributed by atoms with Crippen molar-refractivity contribution in [2.24, 2.45) is 0 Å². The Morgan fingerprint density at radius 2 is 1.80 bits per heavy atom. The van der Waals surface area contributed by atoms with E-state index in [1.807, 2.05) is 0 Å². The molecule has 6 heteroatoms. The normalized spacial score (nSPS) is 9.70. The number of hydrogen-bond acceptors (Lipinski definition) is 2. The van der Waals surface area contributed by atoms with Gasteiger partial charge in [0.25, 0.3) is 0 Å². The molecule has 0 heterocycles. The number of benzene rings is 1. The fraction of sp³-hybridized carbons (Fsp3) is 0.143. The average molecular weight is 280 g/mol. The summed E-state index contributed by atoms with van der Waals surface area (Å²) < 4.78 is 26.1. The Labute approximate surface area is 115 Å². The minimum atomic E-state index is -1.01. The zero-order valence-corrected chi connectivity index (χ0v) is 10.7. The van der Waals surface area contributed by atoms with E-state index >= 15 is 0 Å². The van der Waals surface area contributed by atoms with Crippen LogP contribution in [0.5, 0.6) is 0 Å². The highest BCUT2D eigenvalue weighted by atomic mass is 19.1. The van der Waals surface area contributed by atoms with Gasteiger partial charge >= 0.3 is 11.8 Å². The van der Waals surface area contributed by atoms with Crippen LogP contribution in [0.3, 0.4) is 0 Å². The van der Waals surface area contributed by atoms with E-state index in [0.29, 0.717) is 6.07 Å². The van der Waals surface area contributed by atoms with Crippen molar-refractivity contribution in [1.82, 2.24) is 4.90 Å². The molecule has 106 valence electrons. The quantitative estimate of drug-likeness (QED) is 0.663. The number of rotatable bonds is 5. The highest BCUT2D eigenvalue weighted by Crippen LogP contribution is 2.14. The maximum Gasteiger partial charge on any atom is 0.314 e. The Hall–Kier alpha value is -2.50. The zero-order valence-electron chi connectivity index (χ0n) is 10.7. The largest absolute Gasteiger partial charge is 0.327 e. The van der Waals surface area contributed by atoms with Gasteiger partial charge in [0.1, 0.15) is 11.6 Å². The fourth-order valence-corrected chi connectivity index (χ4v) is 1.46. The standard InChI is InChI=1S/C14H14F2N2O2/c1-3-7-18(8-4-2)14(20)13(19)17-12-6-5-10(15)9-11(12)16/h3-6,9H,1-2,7-8H2,(H,17,19). The van der Waals surface area contributed by atoms with E-state index in [9.17, 15) is 18.4 Å². The van der Waals surface area contributed by atoms with Crippen LogP contribution >= 0.6 is 0 Å². The first-order chi connectivity index (χ1) is 9.49. The Morgan fingerprint density at radius 1 is 1.20 bits per heavy atom. The summed E-state index contributed by atoms with van der Waals surface area (Å²) in [5, 5.41) is 2.09. The maximum absolute atomic E-state index is 13.4. The molecule has 1 rings (SSSR count). The average Bonchev–Trinajstić information content (AvgIpc) is 2.40. The number of halogens is 2. The van der Waals surface area contributed by atoms with E-state index in [1.54, 1.807) is 0 Å². The highest BCUT2D eigenvalue weighted by Gasteiger charge is 2.21. The molecule has 0 fully saturated rings. The van der Waals surface area contributed by atoms with Crippen molar-refractivity contribution >= 4 is 17.5 Å². The minimum absolute atomic E-state index is 0.157. The number of hydrogen-bond donors (Lipinski definition) is 1. The first-order valence-electron chi connectivity index (χ1n) is 5.76. The van der Waals surface area contributed by atoms with Crippen molar-refractivity contribution in [3.8, 4) is 0 Å². The SMILES string of the molecule is C=CCN(CC=C)C(=O)C(=O)Nc1ccc(F)cc1F. The topological polar surface area (TPSA) is 49.4 Å². The lowest BCUT2D eigenvalue weighted by Crippen LogP contribution is -2.40. The summed E-state index contributed by atoms with van der Waals surface area (Å²) in [6.07, 6.45) is 2.90. The molecule has 0 aromatic heterocycles. The molecule has 1 N–H and O–H groups in total. The molecule has 0 bridgehead atoms. The molecule has 0 saturated carbocycles. The van der Waals surface area contributed by atoms with Crippen LogP contribution in [0.25, 0.3) is 0 Å². The Kier molecular flexibility index (Phi) is 5.58. The number of nitrogens with zero attached hydrogens (tertiary/aromatic N) is 1. The first-order valence-corrected chi connectivity index (χ1v) is 5.76. The van der Waals surface area contributed by atoms with Crippen LogP contribution in [0.15, 0.2) is 43.5 Å². The lowest BCUT2D eigenvalue weighted by molar-refractivity contribution is -0.142. The molecule has 20 heavy (non-hydrogen) atoms. The van der Waals surface area contributed by atoms with Gasteiger partial charge in [0.05, 0.1) is 5.69 Å². The third-order valence-corrected chi connectivity index (χ3v) is 2.36. The van der Waals surface area contributed by atoms with Crippen molar-refractivity contribution in [3.05, 3.63) is 55.1 Å². The molecule has 4 nitrogen and oxygen atoms in total. The molecule has 0 aliphatic carbocycles. The molecular weight excluding hydrogens is 266 g/mol. The van der Waals surface area contributed by atoms with Crippen LogP contribution in [0.4, 0.5) is 14.5 Å². The Bertz CT molecular complexity index is 534. The molecule has 0 spiro atoms. The Morgan fingerprint density at radius 3 is 2.30 bits per heavy atom. The van der Waals surface area contributed by atoms with Crippen molar-refractivity contribution in [2.45, 2.75) is 0 Å². The van der Waals surface area contributed by atoms with E-state index in [0.717, 1.165) is 12.1 Å². The summed E-state index contributed by atoms with van der Waals surface area (Å²) >= 11 is 0. The van der Waals surface area contributed by atoms with Crippen molar-refractivity contribution in [3.63, 3.8) is 0 Å². The number of carbonyl (C=O) groups is 2. The summed E-state index contributed by atoms with van der Waals surface area (Å²) in [5.74, 6) is -3.59. The molecule has 0 radical (unpaired) electrons. The molecule has 1 aromatic rings. The van der Waals surface area contributed by atoms with Crippen molar-refractivity contribution < 1.29 is 18.4 Å².